The highest BCUT2D eigenvalue weighted by atomic mass is 32.2. The van der Waals surface area contributed by atoms with Crippen LogP contribution >= 0.6 is 0 Å². The number of hydroxylamine groups is 1. The molecule has 0 aliphatic heterocycles. The van der Waals surface area contributed by atoms with Gasteiger partial charge in [-0.1, -0.05) is 60.7 Å². The fraction of sp³-hybridized carbons (Fsp3) is 0.281. The Morgan fingerprint density at radius 2 is 1.50 bits per heavy atom. The molecule has 0 aromatic heterocycles. The van der Waals surface area contributed by atoms with Gasteiger partial charge in [-0.3, -0.25) is 10.0 Å². The van der Waals surface area contributed by atoms with Gasteiger partial charge in [0.2, 0.25) is 5.91 Å². The van der Waals surface area contributed by atoms with Crippen LogP contribution in [-0.4, -0.2) is 45.1 Å². The second-order valence-electron chi connectivity index (χ2n) is 9.61. The maximum Gasteiger partial charge on any atom is 0.243 e. The van der Waals surface area contributed by atoms with Gasteiger partial charge in [0.15, 0.2) is 9.84 Å². The lowest BCUT2D eigenvalue weighted by Crippen LogP contribution is -2.18. The monoisotopic (exact) mass is 561 g/mol. The summed E-state index contributed by atoms with van der Waals surface area (Å²) in [5, 5.41) is 10.9. The first-order valence-corrected chi connectivity index (χ1v) is 15.1. The van der Waals surface area contributed by atoms with Crippen LogP contribution < -0.4 is 10.2 Å². The molecule has 0 aliphatic rings. The minimum Gasteiger partial charge on any atom is -0.494 e. The lowest BCUT2D eigenvalue weighted by molar-refractivity contribution is -0.129. The summed E-state index contributed by atoms with van der Waals surface area (Å²) in [5.74, 6) is 0.142. The van der Waals surface area contributed by atoms with Crippen molar-refractivity contribution in [2.24, 2.45) is 0 Å². The number of sulfone groups is 1. The minimum atomic E-state index is -3.42. The highest BCUT2D eigenvalue weighted by molar-refractivity contribution is 7.91. The van der Waals surface area contributed by atoms with Crippen molar-refractivity contribution in [2.45, 2.75) is 37.0 Å². The van der Waals surface area contributed by atoms with Crippen molar-refractivity contribution in [3.05, 3.63) is 96.6 Å². The first-order valence-electron chi connectivity index (χ1n) is 13.5. The van der Waals surface area contributed by atoms with Crippen LogP contribution in [0.25, 0.3) is 21.9 Å². The molecule has 8 heteroatoms. The molecule has 0 aliphatic carbocycles. The first-order chi connectivity index (χ1) is 19.4. The lowest BCUT2D eigenvalue weighted by atomic mass is 9.98. The molecule has 0 fully saturated rings. The van der Waals surface area contributed by atoms with Crippen molar-refractivity contribution in [3.8, 4) is 16.9 Å². The number of benzene rings is 4. The average Bonchev–Trinajstić information content (AvgIpc) is 2.98. The van der Waals surface area contributed by atoms with Crippen LogP contribution in [0, 0.1) is 0 Å². The Morgan fingerprint density at radius 1 is 0.750 bits per heavy atom. The van der Waals surface area contributed by atoms with Crippen LogP contribution in [0.2, 0.25) is 0 Å². The van der Waals surface area contributed by atoms with Gasteiger partial charge in [0.05, 0.1) is 17.3 Å². The van der Waals surface area contributed by atoms with Crippen LogP contribution in [0.4, 0.5) is 0 Å². The number of aryl methyl sites for hydroxylation is 1. The molecular weight excluding hydrogens is 526 g/mol. The van der Waals surface area contributed by atoms with Crippen LogP contribution in [0.15, 0.2) is 95.9 Å². The molecule has 4 rings (SSSR count). The van der Waals surface area contributed by atoms with Gasteiger partial charge < -0.3 is 9.47 Å². The SMILES string of the molecule is O=C(CCCOCCCS(=O)(=O)c1ccc(OCCCc2cccc(-c3ccc4ccccc4c3)c2)cc1)NO. The molecular formula is C32H35NO6S. The number of hydrogen-bond donors (Lipinski definition) is 2. The van der Waals surface area contributed by atoms with E-state index in [0.29, 0.717) is 31.8 Å². The third-order valence-corrected chi connectivity index (χ3v) is 8.41. The van der Waals surface area contributed by atoms with E-state index in [0.717, 1.165) is 12.8 Å². The van der Waals surface area contributed by atoms with E-state index in [1.807, 2.05) is 0 Å². The van der Waals surface area contributed by atoms with Gasteiger partial charge in [-0.2, -0.15) is 0 Å². The van der Waals surface area contributed by atoms with Crippen LogP contribution in [-0.2, 0) is 25.8 Å². The van der Waals surface area contributed by atoms with Crippen molar-refractivity contribution in [3.63, 3.8) is 0 Å². The van der Waals surface area contributed by atoms with Gasteiger partial charge >= 0.3 is 0 Å². The smallest absolute Gasteiger partial charge is 0.243 e. The normalized spacial score (nSPS) is 11.4. The number of carbonyl (C=O) groups excluding carboxylic acids is 1. The predicted molar refractivity (Wildman–Crippen MR) is 156 cm³/mol. The van der Waals surface area contributed by atoms with Crippen molar-refractivity contribution in [2.75, 3.05) is 25.6 Å². The van der Waals surface area contributed by atoms with Crippen LogP contribution in [0.1, 0.15) is 31.2 Å². The summed E-state index contributed by atoms with van der Waals surface area (Å²) in [5.41, 5.74) is 5.20. The zero-order valence-electron chi connectivity index (χ0n) is 22.4. The van der Waals surface area contributed by atoms with E-state index in [2.05, 4.69) is 66.7 Å². The molecule has 0 heterocycles. The van der Waals surface area contributed by atoms with E-state index >= 15 is 0 Å². The summed E-state index contributed by atoms with van der Waals surface area (Å²) in [6, 6.07) is 30.0. The Morgan fingerprint density at radius 3 is 2.30 bits per heavy atom. The number of rotatable bonds is 15. The van der Waals surface area contributed by atoms with Crippen LogP contribution in [0.3, 0.4) is 0 Å². The Balaban J connectivity index is 1.19. The van der Waals surface area contributed by atoms with Crippen LogP contribution in [0.5, 0.6) is 5.75 Å². The third-order valence-electron chi connectivity index (χ3n) is 6.59. The van der Waals surface area contributed by atoms with E-state index in [1.54, 1.807) is 29.7 Å². The highest BCUT2D eigenvalue weighted by Crippen LogP contribution is 2.25. The number of carbonyl (C=O) groups is 1. The Bertz CT molecular complexity index is 1500. The average molecular weight is 562 g/mol. The van der Waals surface area contributed by atoms with Gasteiger partial charge in [0.1, 0.15) is 5.75 Å². The zero-order chi connectivity index (χ0) is 28.2. The molecule has 4 aromatic carbocycles. The number of hydrogen-bond acceptors (Lipinski definition) is 6. The Kier molecular flexibility index (Phi) is 10.7. The molecule has 1 amide bonds. The second kappa shape index (κ2) is 14.6. The molecule has 0 atom stereocenters. The molecule has 0 spiro atoms. The second-order valence-corrected chi connectivity index (χ2v) is 11.7. The lowest BCUT2D eigenvalue weighted by Gasteiger charge is -2.10. The largest absolute Gasteiger partial charge is 0.494 e. The topological polar surface area (TPSA) is 102 Å². The van der Waals surface area contributed by atoms with Gasteiger partial charge in [-0.05, 0) is 83.5 Å². The Hall–Kier alpha value is -3.72. The van der Waals surface area contributed by atoms with Crippen molar-refractivity contribution >= 4 is 26.5 Å². The third kappa shape index (κ3) is 8.64. The Labute approximate surface area is 235 Å². The molecule has 2 N–H and O–H groups in total. The fourth-order valence-electron chi connectivity index (χ4n) is 4.45. The highest BCUT2D eigenvalue weighted by Gasteiger charge is 2.14. The zero-order valence-corrected chi connectivity index (χ0v) is 23.2. The van der Waals surface area contributed by atoms with Crippen molar-refractivity contribution < 1.29 is 27.9 Å². The van der Waals surface area contributed by atoms with E-state index in [1.165, 1.54) is 27.5 Å². The molecule has 40 heavy (non-hydrogen) atoms. The molecule has 7 nitrogen and oxygen atoms in total. The van der Waals surface area contributed by atoms with E-state index in [9.17, 15) is 13.2 Å². The molecule has 0 bridgehead atoms. The predicted octanol–water partition coefficient (Wildman–Crippen LogP) is 5.98. The molecule has 0 radical (unpaired) electrons. The van der Waals surface area contributed by atoms with E-state index in [-0.39, 0.29) is 23.7 Å². The number of ether oxygens (including phenoxy) is 2. The fourth-order valence-corrected chi connectivity index (χ4v) is 5.73. The van der Waals surface area contributed by atoms with Gasteiger partial charge in [-0.15, -0.1) is 0 Å². The first kappa shape index (κ1) is 29.3. The number of amides is 1. The van der Waals surface area contributed by atoms with Crippen molar-refractivity contribution in [1.29, 1.82) is 0 Å². The molecule has 0 unspecified atom stereocenters. The summed E-state index contributed by atoms with van der Waals surface area (Å²) in [4.78, 5) is 11.2. The van der Waals surface area contributed by atoms with E-state index < -0.39 is 15.7 Å². The molecule has 210 valence electrons. The maximum atomic E-state index is 12.6. The summed E-state index contributed by atoms with van der Waals surface area (Å²) in [6.07, 6.45) is 2.69. The molecule has 0 saturated carbocycles. The minimum absolute atomic E-state index is 0.0252. The number of fused-ring (bicyclic) bond motifs is 1. The quantitative estimate of drug-likeness (QED) is 0.105. The molecule has 4 aromatic rings. The van der Waals surface area contributed by atoms with E-state index in [4.69, 9.17) is 14.7 Å². The van der Waals surface area contributed by atoms with Gasteiger partial charge in [0, 0.05) is 19.6 Å². The number of nitrogens with one attached hydrogen (secondary N) is 1. The van der Waals surface area contributed by atoms with Gasteiger partial charge in [0.25, 0.3) is 0 Å². The standard InChI is InChI=1S/C32H35NO6S/c34-32(33-35)12-5-19-38-20-6-22-40(36,37)31-17-15-30(16-18-31)39-21-4-8-25-7-3-11-27(23-25)29-14-13-26-9-1-2-10-28(26)24-29/h1-3,7,9-11,13-18,23-24,35H,4-6,8,12,19-22H2,(H,33,34). The van der Waals surface area contributed by atoms with Crippen molar-refractivity contribution in [1.82, 2.24) is 5.48 Å². The van der Waals surface area contributed by atoms with Gasteiger partial charge in [-0.25, -0.2) is 13.9 Å². The summed E-state index contributed by atoms with van der Waals surface area (Å²) >= 11 is 0. The maximum absolute atomic E-state index is 12.6. The molecule has 0 saturated heterocycles. The summed E-state index contributed by atoms with van der Waals surface area (Å²) < 4.78 is 36.4. The summed E-state index contributed by atoms with van der Waals surface area (Å²) in [7, 11) is -3.42. The summed E-state index contributed by atoms with van der Waals surface area (Å²) in [6.45, 7) is 1.14.